The van der Waals surface area contributed by atoms with Crippen LogP contribution in [0.1, 0.15) is 32.9 Å². The lowest BCUT2D eigenvalue weighted by atomic mass is 10.1. The highest BCUT2D eigenvalue weighted by Gasteiger charge is 2.17. The average Bonchev–Trinajstić information content (AvgIpc) is 3.37. The van der Waals surface area contributed by atoms with E-state index in [0.717, 1.165) is 34.3 Å². The third-order valence-electron chi connectivity index (χ3n) is 5.20. The van der Waals surface area contributed by atoms with Crippen molar-refractivity contribution in [2.24, 2.45) is 0 Å². The molecular weight excluding hydrogens is 464 g/mol. The van der Waals surface area contributed by atoms with Crippen molar-refractivity contribution in [2.45, 2.75) is 32.5 Å². The Morgan fingerprint density at radius 1 is 1.03 bits per heavy atom. The monoisotopic (exact) mass is 490 g/mol. The molecule has 0 fully saturated rings. The average molecular weight is 491 g/mol. The predicted octanol–water partition coefficient (Wildman–Crippen LogP) is 2.76. The summed E-state index contributed by atoms with van der Waals surface area (Å²) < 4.78 is 2.89. The topological polar surface area (TPSA) is 133 Å². The fourth-order valence-corrected chi connectivity index (χ4v) is 4.09. The molecule has 0 radical (unpaired) electrons. The van der Waals surface area contributed by atoms with Crippen molar-refractivity contribution < 1.29 is 9.59 Å². The lowest BCUT2D eigenvalue weighted by molar-refractivity contribution is -0.113. The standard InChI is InChI=1S/C24H26N8O2S/c1-15-8-10-18(11-9-15)13-26-22(34)19-6-4-5-7-20(19)27-21(33)14-35-24-29-28-23(31(24)25)32-17(3)12-16(2)30-32/h4-12H,13-14,25H2,1-3H3,(H,26,34)(H,27,33). The number of anilines is 1. The molecule has 2 heterocycles. The highest BCUT2D eigenvalue weighted by molar-refractivity contribution is 7.99. The fraction of sp³-hybridized carbons (Fsp3) is 0.208. The summed E-state index contributed by atoms with van der Waals surface area (Å²) in [6.07, 6.45) is 0. The van der Waals surface area contributed by atoms with Gasteiger partial charge in [-0.2, -0.15) is 5.10 Å². The molecule has 0 bridgehead atoms. The molecule has 4 N–H and O–H groups in total. The van der Waals surface area contributed by atoms with Crippen LogP contribution in [0, 0.1) is 20.8 Å². The number of aryl methyl sites for hydroxylation is 3. The lowest BCUT2D eigenvalue weighted by Crippen LogP contribution is -2.25. The van der Waals surface area contributed by atoms with Crippen LogP contribution in [0.25, 0.3) is 5.95 Å². The fourth-order valence-electron chi connectivity index (χ4n) is 3.43. The van der Waals surface area contributed by atoms with Gasteiger partial charge in [-0.05, 0) is 44.5 Å². The van der Waals surface area contributed by atoms with Crippen LogP contribution in [0.4, 0.5) is 5.69 Å². The minimum atomic E-state index is -0.301. The molecule has 0 saturated carbocycles. The minimum absolute atomic E-state index is 0.0335. The number of nitrogens with two attached hydrogens (primary N) is 1. The van der Waals surface area contributed by atoms with Gasteiger partial charge in [-0.25, -0.2) is 9.36 Å². The molecule has 4 rings (SSSR count). The van der Waals surface area contributed by atoms with Crippen molar-refractivity contribution >= 4 is 29.3 Å². The number of benzene rings is 2. The molecule has 11 heteroatoms. The van der Waals surface area contributed by atoms with Gasteiger partial charge < -0.3 is 16.5 Å². The minimum Gasteiger partial charge on any atom is -0.348 e. The Morgan fingerprint density at radius 2 is 1.77 bits per heavy atom. The Hall–Kier alpha value is -4.12. The molecule has 2 aromatic carbocycles. The number of carbonyl (C=O) groups excluding carboxylic acids is 2. The zero-order valence-corrected chi connectivity index (χ0v) is 20.5. The summed E-state index contributed by atoms with van der Waals surface area (Å²) in [5.74, 6) is 5.95. The van der Waals surface area contributed by atoms with E-state index in [1.807, 2.05) is 51.1 Å². The zero-order chi connectivity index (χ0) is 24.9. The van der Waals surface area contributed by atoms with Gasteiger partial charge in [0.25, 0.3) is 11.9 Å². The molecule has 0 aliphatic heterocycles. The third kappa shape index (κ3) is 5.69. The van der Waals surface area contributed by atoms with Gasteiger partial charge in [0, 0.05) is 12.2 Å². The van der Waals surface area contributed by atoms with E-state index in [2.05, 4.69) is 25.9 Å². The Balaban J connectivity index is 1.37. The van der Waals surface area contributed by atoms with Crippen molar-refractivity contribution in [3.63, 3.8) is 0 Å². The van der Waals surface area contributed by atoms with Gasteiger partial charge >= 0.3 is 0 Å². The maximum Gasteiger partial charge on any atom is 0.271 e. The second kappa shape index (κ2) is 10.4. The summed E-state index contributed by atoms with van der Waals surface area (Å²) in [4.78, 5) is 25.4. The van der Waals surface area contributed by atoms with Crippen molar-refractivity contribution in [1.29, 1.82) is 0 Å². The van der Waals surface area contributed by atoms with Crippen LogP contribution < -0.4 is 16.5 Å². The predicted molar refractivity (Wildman–Crippen MR) is 135 cm³/mol. The first-order chi connectivity index (χ1) is 16.8. The molecule has 0 unspecified atom stereocenters. The number of carbonyl (C=O) groups is 2. The van der Waals surface area contributed by atoms with Crippen molar-refractivity contribution in [3.05, 3.63) is 82.7 Å². The van der Waals surface area contributed by atoms with E-state index in [-0.39, 0.29) is 17.6 Å². The second-order valence-corrected chi connectivity index (χ2v) is 8.98. The van der Waals surface area contributed by atoms with Crippen LogP contribution in [0.2, 0.25) is 0 Å². The Kier molecular flexibility index (Phi) is 7.16. The highest BCUT2D eigenvalue weighted by Crippen LogP contribution is 2.20. The number of nitrogen functional groups attached to an aromatic ring is 1. The van der Waals surface area contributed by atoms with Crippen LogP contribution in [0.3, 0.4) is 0 Å². The van der Waals surface area contributed by atoms with Gasteiger partial charge in [0.2, 0.25) is 11.1 Å². The van der Waals surface area contributed by atoms with Gasteiger partial charge in [-0.15, -0.1) is 10.2 Å². The van der Waals surface area contributed by atoms with Crippen LogP contribution in [-0.2, 0) is 11.3 Å². The molecule has 10 nitrogen and oxygen atoms in total. The van der Waals surface area contributed by atoms with Crippen LogP contribution in [0.5, 0.6) is 0 Å². The maximum absolute atomic E-state index is 12.8. The van der Waals surface area contributed by atoms with Gasteiger partial charge in [0.05, 0.1) is 22.7 Å². The molecular formula is C24H26N8O2S. The SMILES string of the molecule is Cc1ccc(CNC(=O)c2ccccc2NC(=O)CSc2nnc(-n3nc(C)cc3C)n2N)cc1. The Labute approximate surface area is 206 Å². The van der Waals surface area contributed by atoms with Gasteiger partial charge in [0.1, 0.15) is 0 Å². The lowest BCUT2D eigenvalue weighted by Gasteiger charge is -2.11. The number of para-hydroxylation sites is 1. The first-order valence-electron chi connectivity index (χ1n) is 10.9. The molecule has 35 heavy (non-hydrogen) atoms. The van der Waals surface area contributed by atoms with E-state index in [4.69, 9.17) is 5.84 Å². The molecule has 2 aromatic heterocycles. The van der Waals surface area contributed by atoms with Crippen molar-refractivity contribution in [3.8, 4) is 5.95 Å². The van der Waals surface area contributed by atoms with E-state index in [9.17, 15) is 9.59 Å². The number of hydrogen-bond acceptors (Lipinski definition) is 7. The van der Waals surface area contributed by atoms with E-state index < -0.39 is 0 Å². The molecule has 0 saturated heterocycles. The number of nitrogens with one attached hydrogen (secondary N) is 2. The van der Waals surface area contributed by atoms with Crippen LogP contribution in [-0.4, -0.2) is 42.2 Å². The van der Waals surface area contributed by atoms with Gasteiger partial charge in [-0.1, -0.05) is 53.7 Å². The van der Waals surface area contributed by atoms with E-state index in [0.29, 0.717) is 28.9 Å². The van der Waals surface area contributed by atoms with Gasteiger partial charge in [0.15, 0.2) is 0 Å². The molecule has 0 spiro atoms. The van der Waals surface area contributed by atoms with Crippen molar-refractivity contribution in [2.75, 3.05) is 16.9 Å². The number of hydrogen-bond donors (Lipinski definition) is 3. The molecule has 0 aliphatic carbocycles. The number of aromatic nitrogens is 5. The van der Waals surface area contributed by atoms with Crippen LogP contribution >= 0.6 is 11.8 Å². The zero-order valence-electron chi connectivity index (χ0n) is 19.6. The first kappa shape index (κ1) is 24.0. The van der Waals surface area contributed by atoms with Gasteiger partial charge in [-0.3, -0.25) is 9.59 Å². The third-order valence-corrected chi connectivity index (χ3v) is 6.14. The smallest absolute Gasteiger partial charge is 0.271 e. The number of nitrogens with zero attached hydrogens (tertiary/aromatic N) is 5. The quantitative estimate of drug-likeness (QED) is 0.255. The summed E-state index contributed by atoms with van der Waals surface area (Å²) in [5.41, 5.74) is 4.66. The normalized spacial score (nSPS) is 10.8. The Morgan fingerprint density at radius 3 is 2.49 bits per heavy atom. The largest absolute Gasteiger partial charge is 0.348 e. The Bertz CT molecular complexity index is 1360. The van der Waals surface area contributed by atoms with E-state index in [1.54, 1.807) is 28.9 Å². The summed E-state index contributed by atoms with van der Waals surface area (Å²) in [7, 11) is 0. The second-order valence-electron chi connectivity index (χ2n) is 8.04. The van der Waals surface area contributed by atoms with Crippen molar-refractivity contribution in [1.82, 2.24) is 30.0 Å². The molecule has 0 atom stereocenters. The first-order valence-corrected chi connectivity index (χ1v) is 11.9. The number of rotatable bonds is 8. The molecule has 4 aromatic rings. The van der Waals surface area contributed by atoms with E-state index in [1.165, 1.54) is 4.68 Å². The summed E-state index contributed by atoms with van der Waals surface area (Å²) in [5, 5.41) is 18.6. The summed E-state index contributed by atoms with van der Waals surface area (Å²) in [6.45, 7) is 6.17. The highest BCUT2D eigenvalue weighted by atomic mass is 32.2. The number of thioether (sulfide) groups is 1. The summed E-state index contributed by atoms with van der Waals surface area (Å²) >= 11 is 1.14. The molecule has 180 valence electrons. The van der Waals surface area contributed by atoms with E-state index >= 15 is 0 Å². The maximum atomic E-state index is 12.8. The number of amides is 2. The van der Waals surface area contributed by atoms with Crippen LogP contribution in [0.15, 0.2) is 59.8 Å². The molecule has 2 amide bonds. The summed E-state index contributed by atoms with van der Waals surface area (Å²) in [6, 6.07) is 16.7. The molecule has 0 aliphatic rings.